The topological polar surface area (TPSA) is 55.1 Å². The fourth-order valence-corrected chi connectivity index (χ4v) is 2.67. The zero-order valence-corrected chi connectivity index (χ0v) is 14.4. The van der Waals surface area contributed by atoms with Gasteiger partial charge in [0.05, 0.1) is 10.7 Å². The molecule has 0 aliphatic carbocycles. The van der Waals surface area contributed by atoms with Crippen molar-refractivity contribution < 1.29 is 4.79 Å². The zero-order valence-electron chi connectivity index (χ0n) is 10.5. The van der Waals surface area contributed by atoms with E-state index in [2.05, 4.69) is 37.2 Å². The quantitative estimate of drug-likeness (QED) is 0.674. The largest absolute Gasteiger partial charge is 0.398 e. The molecule has 0 saturated heterocycles. The van der Waals surface area contributed by atoms with Crippen LogP contribution in [0.4, 0.5) is 11.4 Å². The lowest BCUT2D eigenvalue weighted by molar-refractivity contribution is 0.102. The number of halogens is 3. The van der Waals surface area contributed by atoms with Crippen LogP contribution in [0.15, 0.2) is 39.3 Å². The van der Waals surface area contributed by atoms with Gasteiger partial charge >= 0.3 is 0 Å². The van der Waals surface area contributed by atoms with Gasteiger partial charge in [0.15, 0.2) is 0 Å². The van der Waals surface area contributed by atoms with Gasteiger partial charge in [0.2, 0.25) is 0 Å². The van der Waals surface area contributed by atoms with E-state index in [-0.39, 0.29) is 5.91 Å². The summed E-state index contributed by atoms with van der Waals surface area (Å²) in [5.41, 5.74) is 8.56. The molecule has 6 heteroatoms. The maximum Gasteiger partial charge on any atom is 0.255 e. The van der Waals surface area contributed by atoms with Gasteiger partial charge < -0.3 is 11.1 Å². The van der Waals surface area contributed by atoms with Gasteiger partial charge in [-0.05, 0) is 74.7 Å². The maximum absolute atomic E-state index is 12.2. The predicted molar refractivity (Wildman–Crippen MR) is 90.4 cm³/mol. The van der Waals surface area contributed by atoms with Crippen molar-refractivity contribution in [2.75, 3.05) is 11.1 Å². The zero-order chi connectivity index (χ0) is 14.9. The van der Waals surface area contributed by atoms with Crippen LogP contribution in [0.25, 0.3) is 0 Å². The number of rotatable bonds is 2. The summed E-state index contributed by atoms with van der Waals surface area (Å²) in [6.07, 6.45) is 0. The van der Waals surface area contributed by atoms with Crippen LogP contribution in [0.5, 0.6) is 0 Å². The lowest BCUT2D eigenvalue weighted by Gasteiger charge is -2.10. The van der Waals surface area contributed by atoms with Crippen LogP contribution in [0, 0.1) is 6.92 Å². The van der Waals surface area contributed by atoms with Gasteiger partial charge in [-0.2, -0.15) is 0 Å². The number of carbonyl (C=O) groups excluding carboxylic acids is 1. The monoisotopic (exact) mass is 416 g/mol. The summed E-state index contributed by atoms with van der Waals surface area (Å²) in [6.45, 7) is 1.90. The molecule has 0 heterocycles. The van der Waals surface area contributed by atoms with E-state index >= 15 is 0 Å². The summed E-state index contributed by atoms with van der Waals surface area (Å²) in [5, 5.41) is 3.37. The fourth-order valence-electron chi connectivity index (χ4n) is 1.62. The third-order valence-electron chi connectivity index (χ3n) is 2.79. The van der Waals surface area contributed by atoms with E-state index in [1.54, 1.807) is 24.3 Å². The van der Waals surface area contributed by atoms with Crippen molar-refractivity contribution in [1.29, 1.82) is 0 Å². The van der Waals surface area contributed by atoms with E-state index in [1.165, 1.54) is 0 Å². The van der Waals surface area contributed by atoms with Crippen LogP contribution in [-0.4, -0.2) is 5.91 Å². The average molecular weight is 419 g/mol. The minimum absolute atomic E-state index is 0.230. The Hall–Kier alpha value is -1.04. The molecule has 0 aliphatic heterocycles. The van der Waals surface area contributed by atoms with Crippen molar-refractivity contribution in [2.45, 2.75) is 6.92 Å². The SMILES string of the molecule is Cc1cc(Br)c(NC(=O)c2ccc(Cl)c(Br)c2)cc1N. The van der Waals surface area contributed by atoms with Crippen LogP contribution in [0.3, 0.4) is 0 Å². The number of nitrogen functional groups attached to an aromatic ring is 1. The van der Waals surface area contributed by atoms with Crippen molar-refractivity contribution in [3.05, 3.63) is 55.4 Å². The molecule has 2 rings (SSSR count). The molecule has 0 spiro atoms. The van der Waals surface area contributed by atoms with E-state index < -0.39 is 0 Å². The van der Waals surface area contributed by atoms with Crippen molar-refractivity contribution in [2.24, 2.45) is 0 Å². The molecule has 0 bridgehead atoms. The highest BCUT2D eigenvalue weighted by Crippen LogP contribution is 2.29. The Morgan fingerprint density at radius 1 is 1.20 bits per heavy atom. The Labute approximate surface area is 138 Å². The van der Waals surface area contributed by atoms with Gasteiger partial charge in [-0.25, -0.2) is 0 Å². The van der Waals surface area contributed by atoms with Crippen molar-refractivity contribution in [3.8, 4) is 0 Å². The second-order valence-corrected chi connectivity index (χ2v) is 6.39. The first-order chi connectivity index (χ1) is 9.38. The van der Waals surface area contributed by atoms with E-state index in [1.807, 2.05) is 13.0 Å². The molecule has 0 saturated carbocycles. The molecular formula is C14H11Br2ClN2O. The van der Waals surface area contributed by atoms with Crippen LogP contribution in [0.2, 0.25) is 5.02 Å². The van der Waals surface area contributed by atoms with Crippen LogP contribution < -0.4 is 11.1 Å². The second kappa shape index (κ2) is 6.16. The molecule has 104 valence electrons. The normalized spacial score (nSPS) is 10.4. The van der Waals surface area contributed by atoms with E-state index in [4.69, 9.17) is 17.3 Å². The molecule has 0 aliphatic rings. The first-order valence-electron chi connectivity index (χ1n) is 5.70. The molecule has 2 aromatic carbocycles. The predicted octanol–water partition coefficient (Wildman–Crippen LogP) is 5.01. The number of aryl methyl sites for hydroxylation is 1. The molecule has 0 radical (unpaired) electrons. The van der Waals surface area contributed by atoms with Gasteiger partial charge in [-0.1, -0.05) is 11.6 Å². The number of nitrogens with one attached hydrogen (secondary N) is 1. The third kappa shape index (κ3) is 3.34. The molecular weight excluding hydrogens is 407 g/mol. The third-order valence-corrected chi connectivity index (χ3v) is 4.66. The van der Waals surface area contributed by atoms with Gasteiger partial charge in [0.1, 0.15) is 0 Å². The fraction of sp³-hybridized carbons (Fsp3) is 0.0714. The highest BCUT2D eigenvalue weighted by molar-refractivity contribution is 9.11. The second-order valence-electron chi connectivity index (χ2n) is 4.27. The number of nitrogens with two attached hydrogens (primary N) is 1. The Kier molecular flexibility index (Phi) is 4.73. The standard InChI is InChI=1S/C14H11Br2ClN2O/c1-7-4-10(16)13(6-12(7)18)19-14(20)8-2-3-11(17)9(15)5-8/h2-6H,18H2,1H3,(H,19,20). The molecule has 20 heavy (non-hydrogen) atoms. The molecule has 1 amide bonds. The molecule has 0 unspecified atom stereocenters. The van der Waals surface area contributed by atoms with Gasteiger partial charge in [-0.3, -0.25) is 4.79 Å². The minimum atomic E-state index is -0.230. The average Bonchev–Trinajstić information content (AvgIpc) is 2.39. The molecule has 3 nitrogen and oxygen atoms in total. The van der Waals surface area contributed by atoms with E-state index in [0.29, 0.717) is 26.4 Å². The van der Waals surface area contributed by atoms with Gasteiger partial charge in [0, 0.05) is 20.2 Å². The molecule has 3 N–H and O–H groups in total. The Balaban J connectivity index is 2.27. The molecule has 0 aromatic heterocycles. The summed E-state index contributed by atoms with van der Waals surface area (Å²) in [4.78, 5) is 12.2. The van der Waals surface area contributed by atoms with Crippen LogP contribution >= 0.6 is 43.5 Å². The number of anilines is 2. The highest BCUT2D eigenvalue weighted by Gasteiger charge is 2.11. The summed E-state index contributed by atoms with van der Waals surface area (Å²) < 4.78 is 1.46. The van der Waals surface area contributed by atoms with Crippen LogP contribution in [-0.2, 0) is 0 Å². The van der Waals surface area contributed by atoms with Crippen molar-refractivity contribution in [1.82, 2.24) is 0 Å². The number of amides is 1. The molecule has 0 fully saturated rings. The van der Waals surface area contributed by atoms with Gasteiger partial charge in [-0.15, -0.1) is 0 Å². The molecule has 0 atom stereocenters. The summed E-state index contributed by atoms with van der Waals surface area (Å²) >= 11 is 12.6. The first kappa shape index (κ1) is 15.4. The Bertz CT molecular complexity index is 689. The lowest BCUT2D eigenvalue weighted by atomic mass is 10.1. The van der Waals surface area contributed by atoms with E-state index in [0.717, 1.165) is 10.0 Å². The molecule has 2 aromatic rings. The van der Waals surface area contributed by atoms with Crippen molar-refractivity contribution >= 4 is 60.7 Å². The first-order valence-corrected chi connectivity index (χ1v) is 7.67. The summed E-state index contributed by atoms with van der Waals surface area (Å²) in [7, 11) is 0. The number of hydrogen-bond acceptors (Lipinski definition) is 2. The van der Waals surface area contributed by atoms with Crippen LogP contribution in [0.1, 0.15) is 15.9 Å². The number of benzene rings is 2. The smallest absolute Gasteiger partial charge is 0.255 e. The Morgan fingerprint density at radius 3 is 2.55 bits per heavy atom. The summed E-state index contributed by atoms with van der Waals surface area (Å²) in [5.74, 6) is -0.230. The number of hydrogen-bond donors (Lipinski definition) is 2. The minimum Gasteiger partial charge on any atom is -0.398 e. The maximum atomic E-state index is 12.2. The van der Waals surface area contributed by atoms with E-state index in [9.17, 15) is 4.79 Å². The Morgan fingerprint density at radius 2 is 1.90 bits per heavy atom. The highest BCUT2D eigenvalue weighted by atomic mass is 79.9. The lowest BCUT2D eigenvalue weighted by Crippen LogP contribution is -2.12. The van der Waals surface area contributed by atoms with Crippen molar-refractivity contribution in [3.63, 3.8) is 0 Å². The number of carbonyl (C=O) groups is 1. The summed E-state index contributed by atoms with van der Waals surface area (Å²) in [6, 6.07) is 8.58. The van der Waals surface area contributed by atoms with Gasteiger partial charge in [0.25, 0.3) is 5.91 Å².